The van der Waals surface area contributed by atoms with Crippen LogP contribution in [0.2, 0.25) is 0 Å². The maximum absolute atomic E-state index is 12.4. The van der Waals surface area contributed by atoms with Gasteiger partial charge in [0, 0.05) is 0 Å². The van der Waals surface area contributed by atoms with E-state index in [9.17, 15) is 13.2 Å². The minimum atomic E-state index is -4.21. The third kappa shape index (κ3) is 4.66. The first kappa shape index (κ1) is 13.0. The molecule has 1 aromatic rings. The molecule has 0 spiro atoms. The molecule has 90 valence electrons. The zero-order chi connectivity index (χ0) is 12.2. The summed E-state index contributed by atoms with van der Waals surface area (Å²) in [6, 6.07) is 8.49. The van der Waals surface area contributed by atoms with E-state index in [1.807, 2.05) is 0 Å². The van der Waals surface area contributed by atoms with Gasteiger partial charge in [0.05, 0.1) is 18.6 Å². The Kier molecular flexibility index (Phi) is 4.35. The molecular weight excluding hydrogens is 217 g/mol. The highest BCUT2D eigenvalue weighted by Gasteiger charge is 2.33. The van der Waals surface area contributed by atoms with Crippen LogP contribution >= 0.6 is 0 Å². The Morgan fingerprint density at radius 1 is 1.12 bits per heavy atom. The Hall–Kier alpha value is -1.03. The van der Waals surface area contributed by atoms with Crippen LogP contribution in [-0.2, 0) is 4.74 Å². The molecule has 1 unspecified atom stereocenters. The predicted molar refractivity (Wildman–Crippen MR) is 56.1 cm³/mol. The van der Waals surface area contributed by atoms with Crippen LogP contribution in [0.4, 0.5) is 13.2 Å². The van der Waals surface area contributed by atoms with E-state index in [1.165, 1.54) is 0 Å². The van der Waals surface area contributed by atoms with E-state index >= 15 is 0 Å². The second kappa shape index (κ2) is 5.34. The molecule has 0 aromatic heterocycles. The van der Waals surface area contributed by atoms with E-state index in [1.54, 1.807) is 44.2 Å². The summed E-state index contributed by atoms with van der Waals surface area (Å²) in [7, 11) is 0. The summed E-state index contributed by atoms with van der Waals surface area (Å²) >= 11 is 0. The second-order valence-corrected chi connectivity index (χ2v) is 3.90. The van der Waals surface area contributed by atoms with Crippen LogP contribution in [0.15, 0.2) is 30.3 Å². The highest BCUT2D eigenvalue weighted by Crippen LogP contribution is 2.32. The largest absolute Gasteiger partial charge is 0.391 e. The summed E-state index contributed by atoms with van der Waals surface area (Å²) in [5.74, 6) is 0. The third-order valence-electron chi connectivity index (χ3n) is 2.02. The minimum absolute atomic E-state index is 0.229. The SMILES string of the molecule is CC(C)OC(CC(F)(F)F)c1ccccc1. The number of halogens is 3. The first-order valence-electron chi connectivity index (χ1n) is 5.15. The fraction of sp³-hybridized carbons (Fsp3) is 0.500. The van der Waals surface area contributed by atoms with Gasteiger partial charge in [-0.25, -0.2) is 0 Å². The van der Waals surface area contributed by atoms with Gasteiger partial charge in [0.2, 0.25) is 0 Å². The summed E-state index contributed by atoms with van der Waals surface area (Å²) in [6.07, 6.45) is -6.31. The number of ether oxygens (including phenoxy) is 1. The van der Waals surface area contributed by atoms with Crippen molar-refractivity contribution in [2.45, 2.75) is 38.7 Å². The van der Waals surface area contributed by atoms with Gasteiger partial charge >= 0.3 is 6.18 Å². The molecule has 0 heterocycles. The van der Waals surface area contributed by atoms with Crippen molar-refractivity contribution >= 4 is 0 Å². The smallest absolute Gasteiger partial charge is 0.371 e. The molecule has 0 aliphatic carbocycles. The van der Waals surface area contributed by atoms with E-state index in [0.29, 0.717) is 5.56 Å². The average molecular weight is 232 g/mol. The van der Waals surface area contributed by atoms with Crippen LogP contribution < -0.4 is 0 Å². The van der Waals surface area contributed by atoms with Crippen molar-refractivity contribution in [3.8, 4) is 0 Å². The minimum Gasteiger partial charge on any atom is -0.371 e. The molecule has 0 fully saturated rings. The Balaban J connectivity index is 2.80. The molecule has 0 saturated heterocycles. The maximum atomic E-state index is 12.4. The van der Waals surface area contributed by atoms with Crippen LogP contribution in [-0.4, -0.2) is 12.3 Å². The quantitative estimate of drug-likeness (QED) is 0.759. The Morgan fingerprint density at radius 2 is 1.69 bits per heavy atom. The van der Waals surface area contributed by atoms with E-state index in [-0.39, 0.29) is 6.10 Å². The topological polar surface area (TPSA) is 9.23 Å². The van der Waals surface area contributed by atoms with Crippen molar-refractivity contribution in [2.24, 2.45) is 0 Å². The summed E-state index contributed by atoms with van der Waals surface area (Å²) in [5.41, 5.74) is 0.563. The molecule has 0 aliphatic rings. The predicted octanol–water partition coefficient (Wildman–Crippen LogP) is 4.11. The van der Waals surface area contributed by atoms with E-state index in [4.69, 9.17) is 4.74 Å². The Labute approximate surface area is 93.2 Å². The van der Waals surface area contributed by atoms with Crippen LogP contribution in [0, 0.1) is 0 Å². The fourth-order valence-electron chi connectivity index (χ4n) is 1.45. The molecule has 0 aliphatic heterocycles. The molecule has 16 heavy (non-hydrogen) atoms. The zero-order valence-electron chi connectivity index (χ0n) is 9.29. The standard InChI is InChI=1S/C12H15F3O/c1-9(2)16-11(8-12(13,14)15)10-6-4-3-5-7-10/h3-7,9,11H,8H2,1-2H3. The van der Waals surface area contributed by atoms with Crippen LogP contribution in [0.25, 0.3) is 0 Å². The lowest BCUT2D eigenvalue weighted by Crippen LogP contribution is -2.19. The Bertz CT molecular complexity index is 306. The average Bonchev–Trinajstić information content (AvgIpc) is 2.15. The fourth-order valence-corrected chi connectivity index (χ4v) is 1.45. The maximum Gasteiger partial charge on any atom is 0.391 e. The molecule has 0 bridgehead atoms. The highest BCUT2D eigenvalue weighted by atomic mass is 19.4. The third-order valence-corrected chi connectivity index (χ3v) is 2.02. The summed E-state index contributed by atoms with van der Waals surface area (Å²) in [5, 5.41) is 0. The molecule has 1 rings (SSSR count). The summed E-state index contributed by atoms with van der Waals surface area (Å²) in [4.78, 5) is 0. The van der Waals surface area contributed by atoms with Crippen molar-refractivity contribution in [2.75, 3.05) is 0 Å². The van der Waals surface area contributed by atoms with Gasteiger partial charge in [-0.1, -0.05) is 30.3 Å². The first-order chi connectivity index (χ1) is 7.38. The van der Waals surface area contributed by atoms with E-state index in [2.05, 4.69) is 0 Å². The van der Waals surface area contributed by atoms with Gasteiger partial charge in [0.1, 0.15) is 0 Å². The number of rotatable bonds is 4. The lowest BCUT2D eigenvalue weighted by molar-refractivity contribution is -0.166. The molecule has 0 saturated carbocycles. The van der Waals surface area contributed by atoms with Gasteiger partial charge in [-0.15, -0.1) is 0 Å². The highest BCUT2D eigenvalue weighted by molar-refractivity contribution is 5.17. The van der Waals surface area contributed by atoms with Crippen molar-refractivity contribution in [3.63, 3.8) is 0 Å². The van der Waals surface area contributed by atoms with Gasteiger partial charge in [-0.2, -0.15) is 13.2 Å². The number of hydrogen-bond donors (Lipinski definition) is 0. The molecular formula is C12H15F3O. The van der Waals surface area contributed by atoms with Gasteiger partial charge in [-0.05, 0) is 19.4 Å². The molecule has 1 aromatic carbocycles. The van der Waals surface area contributed by atoms with Crippen LogP contribution in [0.1, 0.15) is 31.9 Å². The van der Waals surface area contributed by atoms with E-state index < -0.39 is 18.7 Å². The number of benzene rings is 1. The lowest BCUT2D eigenvalue weighted by Gasteiger charge is -2.22. The number of hydrogen-bond acceptors (Lipinski definition) is 1. The van der Waals surface area contributed by atoms with Crippen LogP contribution in [0.3, 0.4) is 0 Å². The molecule has 0 amide bonds. The molecule has 0 N–H and O–H groups in total. The van der Waals surface area contributed by atoms with Crippen molar-refractivity contribution in [1.29, 1.82) is 0 Å². The zero-order valence-corrected chi connectivity index (χ0v) is 9.29. The van der Waals surface area contributed by atoms with E-state index in [0.717, 1.165) is 0 Å². The summed E-state index contributed by atoms with van der Waals surface area (Å²) in [6.45, 7) is 3.46. The Morgan fingerprint density at radius 3 is 2.12 bits per heavy atom. The normalized spacial score (nSPS) is 14.1. The van der Waals surface area contributed by atoms with Gasteiger partial charge in [0.25, 0.3) is 0 Å². The van der Waals surface area contributed by atoms with Gasteiger partial charge < -0.3 is 4.74 Å². The molecule has 4 heteroatoms. The second-order valence-electron chi connectivity index (χ2n) is 3.90. The van der Waals surface area contributed by atoms with Gasteiger partial charge in [0.15, 0.2) is 0 Å². The lowest BCUT2D eigenvalue weighted by atomic mass is 10.1. The first-order valence-corrected chi connectivity index (χ1v) is 5.15. The van der Waals surface area contributed by atoms with Gasteiger partial charge in [-0.3, -0.25) is 0 Å². The van der Waals surface area contributed by atoms with Crippen molar-refractivity contribution in [1.82, 2.24) is 0 Å². The number of alkyl halides is 3. The van der Waals surface area contributed by atoms with Crippen molar-refractivity contribution in [3.05, 3.63) is 35.9 Å². The molecule has 1 nitrogen and oxygen atoms in total. The van der Waals surface area contributed by atoms with Crippen molar-refractivity contribution < 1.29 is 17.9 Å². The van der Waals surface area contributed by atoms with Crippen LogP contribution in [0.5, 0.6) is 0 Å². The summed E-state index contributed by atoms with van der Waals surface area (Å²) < 4.78 is 42.4. The molecule has 0 radical (unpaired) electrons. The molecule has 1 atom stereocenters. The monoisotopic (exact) mass is 232 g/mol.